The predicted octanol–water partition coefficient (Wildman–Crippen LogP) is 1.63. The molecule has 2 nitrogen and oxygen atoms in total. The molecule has 0 radical (unpaired) electrons. The fraction of sp³-hybridized carbons (Fsp3) is 0.222. The molecule has 0 aliphatic rings. The van der Waals surface area contributed by atoms with Crippen molar-refractivity contribution in [1.29, 1.82) is 0 Å². The van der Waals surface area contributed by atoms with Crippen LogP contribution in [0.15, 0.2) is 11.4 Å². The van der Waals surface area contributed by atoms with Gasteiger partial charge in [-0.05, 0) is 6.07 Å². The second kappa shape index (κ2) is 3.93. The summed E-state index contributed by atoms with van der Waals surface area (Å²) >= 11 is 1.43. The Bertz CT molecular complexity index is 311. The Hall–Kier alpha value is -1.27. The van der Waals surface area contributed by atoms with Crippen molar-refractivity contribution < 1.29 is 4.79 Å². The van der Waals surface area contributed by atoms with E-state index in [0.717, 1.165) is 16.9 Å². The molecule has 1 aromatic heterocycles. The highest BCUT2D eigenvalue weighted by atomic mass is 32.1. The summed E-state index contributed by atoms with van der Waals surface area (Å²) in [5.41, 5.74) is 1.00. The number of nitrogens with zero attached hydrogens (tertiary/aromatic N) is 1. The molecule has 0 aromatic carbocycles. The van der Waals surface area contributed by atoms with E-state index in [2.05, 4.69) is 5.92 Å². The van der Waals surface area contributed by atoms with E-state index in [1.807, 2.05) is 23.4 Å². The van der Waals surface area contributed by atoms with E-state index in [0.29, 0.717) is 6.54 Å². The third-order valence-electron chi connectivity index (χ3n) is 1.49. The van der Waals surface area contributed by atoms with Crippen LogP contribution >= 0.6 is 11.3 Å². The normalized spacial score (nSPS) is 9.00. The summed E-state index contributed by atoms with van der Waals surface area (Å²) in [6.45, 7) is 0.565. The maximum atomic E-state index is 10.4. The molecule has 0 atom stereocenters. The van der Waals surface area contributed by atoms with Gasteiger partial charge in [-0.25, -0.2) is 0 Å². The van der Waals surface area contributed by atoms with E-state index in [1.54, 1.807) is 0 Å². The molecule has 1 aromatic rings. The summed E-state index contributed by atoms with van der Waals surface area (Å²) in [6.07, 6.45) is 5.99. The van der Waals surface area contributed by atoms with Crippen LogP contribution in [-0.4, -0.2) is 19.9 Å². The third kappa shape index (κ3) is 1.86. The molecule has 1 rings (SSSR count). The SMILES string of the molecule is C#CCN(C)c1csc(C=O)c1. The van der Waals surface area contributed by atoms with Gasteiger partial charge in [-0.2, -0.15) is 0 Å². The molecule has 0 saturated heterocycles. The molecule has 1 heterocycles. The van der Waals surface area contributed by atoms with E-state index in [-0.39, 0.29) is 0 Å². The van der Waals surface area contributed by atoms with Gasteiger partial charge in [0, 0.05) is 18.1 Å². The number of anilines is 1. The van der Waals surface area contributed by atoms with Crippen LogP contribution < -0.4 is 4.90 Å². The van der Waals surface area contributed by atoms with Crippen LogP contribution in [0.25, 0.3) is 0 Å². The van der Waals surface area contributed by atoms with Gasteiger partial charge in [-0.15, -0.1) is 17.8 Å². The highest BCUT2D eigenvalue weighted by Crippen LogP contribution is 2.20. The second-order valence-corrected chi connectivity index (χ2v) is 3.33. The van der Waals surface area contributed by atoms with Crippen LogP contribution in [0, 0.1) is 12.3 Å². The Labute approximate surface area is 75.8 Å². The van der Waals surface area contributed by atoms with Crippen molar-refractivity contribution in [1.82, 2.24) is 0 Å². The minimum absolute atomic E-state index is 0.565. The van der Waals surface area contributed by atoms with Gasteiger partial charge in [0.2, 0.25) is 0 Å². The van der Waals surface area contributed by atoms with Gasteiger partial charge >= 0.3 is 0 Å². The molecule has 62 valence electrons. The molecule has 0 amide bonds. The fourth-order valence-corrected chi connectivity index (χ4v) is 1.58. The standard InChI is InChI=1S/C9H9NOS/c1-3-4-10(2)8-5-9(6-11)12-7-8/h1,5-7H,4H2,2H3. The maximum Gasteiger partial charge on any atom is 0.160 e. The lowest BCUT2D eigenvalue weighted by Crippen LogP contribution is -2.15. The number of carbonyl (C=O) groups excluding carboxylic acids is 1. The van der Waals surface area contributed by atoms with Crippen molar-refractivity contribution in [2.45, 2.75) is 0 Å². The monoisotopic (exact) mass is 179 g/mol. The summed E-state index contributed by atoms with van der Waals surface area (Å²) in [7, 11) is 1.90. The summed E-state index contributed by atoms with van der Waals surface area (Å²) in [5.74, 6) is 2.54. The van der Waals surface area contributed by atoms with Crippen LogP contribution in [0.4, 0.5) is 5.69 Å². The number of hydrogen-bond donors (Lipinski definition) is 0. The van der Waals surface area contributed by atoms with Crippen molar-refractivity contribution in [3.8, 4) is 12.3 Å². The zero-order chi connectivity index (χ0) is 8.97. The largest absolute Gasteiger partial charge is 0.363 e. The lowest BCUT2D eigenvalue weighted by atomic mass is 10.4. The van der Waals surface area contributed by atoms with Gasteiger partial charge in [0.15, 0.2) is 6.29 Å². The Morgan fingerprint density at radius 2 is 2.58 bits per heavy atom. The third-order valence-corrected chi connectivity index (χ3v) is 2.34. The van der Waals surface area contributed by atoms with Gasteiger partial charge in [0.25, 0.3) is 0 Å². The minimum Gasteiger partial charge on any atom is -0.363 e. The Morgan fingerprint density at radius 3 is 3.08 bits per heavy atom. The smallest absolute Gasteiger partial charge is 0.160 e. The molecule has 0 saturated carbocycles. The molecule has 0 N–H and O–H groups in total. The second-order valence-electron chi connectivity index (χ2n) is 2.39. The van der Waals surface area contributed by atoms with Crippen molar-refractivity contribution >= 4 is 23.3 Å². The molecule has 0 aliphatic carbocycles. The van der Waals surface area contributed by atoms with Crippen molar-refractivity contribution in [3.63, 3.8) is 0 Å². The number of rotatable bonds is 3. The summed E-state index contributed by atoms with van der Waals surface area (Å²) in [5, 5.41) is 1.92. The van der Waals surface area contributed by atoms with Gasteiger partial charge in [0.1, 0.15) is 0 Å². The molecule has 12 heavy (non-hydrogen) atoms. The van der Waals surface area contributed by atoms with E-state index in [1.165, 1.54) is 11.3 Å². The molecule has 3 heteroatoms. The first-order valence-corrected chi connectivity index (χ1v) is 4.34. The van der Waals surface area contributed by atoms with E-state index < -0.39 is 0 Å². The van der Waals surface area contributed by atoms with E-state index >= 15 is 0 Å². The van der Waals surface area contributed by atoms with Crippen molar-refractivity contribution in [2.75, 3.05) is 18.5 Å². The molecule has 0 aliphatic heterocycles. The van der Waals surface area contributed by atoms with Crippen LogP contribution in [0.3, 0.4) is 0 Å². The van der Waals surface area contributed by atoms with Crippen LogP contribution in [-0.2, 0) is 0 Å². The fourth-order valence-electron chi connectivity index (χ4n) is 0.832. The minimum atomic E-state index is 0.565. The molecule has 0 fully saturated rings. The van der Waals surface area contributed by atoms with E-state index in [4.69, 9.17) is 6.42 Å². The molecular formula is C9H9NOS. The number of carbonyl (C=O) groups is 1. The zero-order valence-electron chi connectivity index (χ0n) is 6.78. The van der Waals surface area contributed by atoms with Gasteiger partial charge in [0.05, 0.1) is 11.4 Å². The summed E-state index contributed by atoms with van der Waals surface area (Å²) < 4.78 is 0. The number of thiophene rings is 1. The first kappa shape index (κ1) is 8.82. The van der Waals surface area contributed by atoms with Gasteiger partial charge in [-0.3, -0.25) is 4.79 Å². The first-order valence-electron chi connectivity index (χ1n) is 3.46. The number of hydrogen-bond acceptors (Lipinski definition) is 3. The molecular weight excluding hydrogens is 170 g/mol. The highest BCUT2D eigenvalue weighted by molar-refractivity contribution is 7.12. The van der Waals surface area contributed by atoms with Crippen molar-refractivity contribution in [2.24, 2.45) is 0 Å². The molecule has 0 unspecified atom stereocenters. The highest BCUT2D eigenvalue weighted by Gasteiger charge is 2.01. The van der Waals surface area contributed by atoms with Crippen LogP contribution in [0.5, 0.6) is 0 Å². The van der Waals surface area contributed by atoms with E-state index in [9.17, 15) is 4.79 Å². The molecule has 0 spiro atoms. The topological polar surface area (TPSA) is 20.3 Å². The number of aldehydes is 1. The van der Waals surface area contributed by atoms with Crippen LogP contribution in [0.2, 0.25) is 0 Å². The van der Waals surface area contributed by atoms with Crippen LogP contribution in [0.1, 0.15) is 9.67 Å². The maximum absolute atomic E-state index is 10.4. The van der Waals surface area contributed by atoms with Gasteiger partial charge < -0.3 is 4.90 Å². The Balaban J connectivity index is 2.75. The predicted molar refractivity (Wildman–Crippen MR) is 51.8 cm³/mol. The lowest BCUT2D eigenvalue weighted by Gasteiger charge is -2.12. The quantitative estimate of drug-likeness (QED) is 0.519. The average molecular weight is 179 g/mol. The van der Waals surface area contributed by atoms with Crippen molar-refractivity contribution in [3.05, 3.63) is 16.3 Å². The van der Waals surface area contributed by atoms with Gasteiger partial charge in [-0.1, -0.05) is 5.92 Å². The zero-order valence-corrected chi connectivity index (χ0v) is 7.60. The Kier molecular flexibility index (Phi) is 2.89. The lowest BCUT2D eigenvalue weighted by molar-refractivity contribution is 0.112. The summed E-state index contributed by atoms with van der Waals surface area (Å²) in [4.78, 5) is 13.0. The molecule has 0 bridgehead atoms. The Morgan fingerprint density at radius 1 is 1.83 bits per heavy atom. The average Bonchev–Trinajstić information content (AvgIpc) is 2.52. The number of terminal acetylenes is 1. The first-order chi connectivity index (χ1) is 5.77. The summed E-state index contributed by atoms with van der Waals surface area (Å²) in [6, 6.07) is 1.83.